The van der Waals surface area contributed by atoms with Crippen LogP contribution in [0.4, 0.5) is 0 Å². The highest BCUT2D eigenvalue weighted by Gasteiger charge is 2.20. The lowest BCUT2D eigenvalue weighted by atomic mass is 10.0. The zero-order chi connectivity index (χ0) is 11.4. The average Bonchev–Trinajstić information content (AvgIpc) is 2.21. The molecule has 1 aromatic carbocycles. The van der Waals surface area contributed by atoms with Crippen LogP contribution in [0.1, 0.15) is 31.4 Å². The Bertz CT molecular complexity index is 328. The van der Waals surface area contributed by atoms with E-state index in [1.54, 1.807) is 18.2 Å². The Labute approximate surface area is 99.5 Å². The summed E-state index contributed by atoms with van der Waals surface area (Å²) in [4.78, 5) is 0. The molecular formula is C11H14Cl2O2. The van der Waals surface area contributed by atoms with Gasteiger partial charge in [0.05, 0.1) is 6.10 Å². The van der Waals surface area contributed by atoms with Crippen LogP contribution >= 0.6 is 23.2 Å². The predicted molar refractivity (Wildman–Crippen MR) is 62.3 cm³/mol. The van der Waals surface area contributed by atoms with Crippen molar-refractivity contribution >= 4 is 23.2 Å². The molecule has 15 heavy (non-hydrogen) atoms. The Kier molecular flexibility index (Phi) is 4.87. The molecule has 0 saturated heterocycles. The Morgan fingerprint density at radius 1 is 1.27 bits per heavy atom. The van der Waals surface area contributed by atoms with Crippen molar-refractivity contribution in [1.29, 1.82) is 0 Å². The van der Waals surface area contributed by atoms with Crippen molar-refractivity contribution in [3.8, 4) is 0 Å². The fourth-order valence-corrected chi connectivity index (χ4v) is 1.81. The van der Waals surface area contributed by atoms with Gasteiger partial charge in [0.2, 0.25) is 0 Å². The van der Waals surface area contributed by atoms with Gasteiger partial charge in [0.1, 0.15) is 6.10 Å². The third kappa shape index (κ3) is 3.35. The first-order chi connectivity index (χ1) is 7.06. The number of rotatable bonds is 4. The first-order valence-electron chi connectivity index (χ1n) is 4.87. The lowest BCUT2D eigenvalue weighted by molar-refractivity contribution is 0.0131. The van der Waals surface area contributed by atoms with Gasteiger partial charge in [0.15, 0.2) is 0 Å². The third-order valence-electron chi connectivity index (χ3n) is 2.23. The molecule has 2 nitrogen and oxygen atoms in total. The van der Waals surface area contributed by atoms with Gasteiger partial charge in [-0.1, -0.05) is 36.5 Å². The molecule has 0 aliphatic rings. The molecule has 0 heterocycles. The van der Waals surface area contributed by atoms with E-state index in [0.29, 0.717) is 22.0 Å². The fraction of sp³-hybridized carbons (Fsp3) is 0.455. The molecule has 0 fully saturated rings. The number of hydrogen-bond donors (Lipinski definition) is 2. The largest absolute Gasteiger partial charge is 0.390 e. The number of aliphatic hydroxyl groups excluding tert-OH is 2. The van der Waals surface area contributed by atoms with Crippen LogP contribution in [0.15, 0.2) is 18.2 Å². The molecule has 1 aromatic rings. The first-order valence-corrected chi connectivity index (χ1v) is 5.63. The molecular weight excluding hydrogens is 235 g/mol. The minimum Gasteiger partial charge on any atom is -0.390 e. The molecule has 0 spiro atoms. The lowest BCUT2D eigenvalue weighted by Crippen LogP contribution is -2.18. The molecule has 2 N–H and O–H groups in total. The minimum absolute atomic E-state index is 0.419. The lowest BCUT2D eigenvalue weighted by Gasteiger charge is -2.18. The van der Waals surface area contributed by atoms with Crippen LogP contribution in [0.25, 0.3) is 0 Å². The van der Waals surface area contributed by atoms with Gasteiger partial charge in [-0.25, -0.2) is 0 Å². The van der Waals surface area contributed by atoms with E-state index < -0.39 is 12.2 Å². The van der Waals surface area contributed by atoms with Gasteiger partial charge in [-0.05, 0) is 24.6 Å². The summed E-state index contributed by atoms with van der Waals surface area (Å²) in [5.41, 5.74) is 0.477. The fourth-order valence-electron chi connectivity index (χ4n) is 1.40. The molecule has 4 heteroatoms. The van der Waals surface area contributed by atoms with Crippen molar-refractivity contribution in [3.63, 3.8) is 0 Å². The number of hydrogen-bond acceptors (Lipinski definition) is 2. The van der Waals surface area contributed by atoms with Crippen molar-refractivity contribution in [2.45, 2.75) is 32.0 Å². The Morgan fingerprint density at radius 3 is 2.53 bits per heavy atom. The van der Waals surface area contributed by atoms with Gasteiger partial charge in [-0.15, -0.1) is 0 Å². The van der Waals surface area contributed by atoms with E-state index in [2.05, 4.69) is 0 Å². The maximum Gasteiger partial charge on any atom is 0.106 e. The van der Waals surface area contributed by atoms with E-state index in [4.69, 9.17) is 23.2 Å². The zero-order valence-corrected chi connectivity index (χ0v) is 9.96. The molecule has 0 aliphatic heterocycles. The zero-order valence-electron chi connectivity index (χ0n) is 8.45. The highest BCUT2D eigenvalue weighted by Crippen LogP contribution is 2.29. The topological polar surface area (TPSA) is 40.5 Å². The molecule has 0 aromatic heterocycles. The Balaban J connectivity index is 2.89. The van der Waals surface area contributed by atoms with Gasteiger partial charge < -0.3 is 10.2 Å². The second-order valence-corrected chi connectivity index (χ2v) is 4.31. The number of aliphatic hydroxyl groups is 2. The standard InChI is InChI=1S/C11H14Cl2O2/c1-2-3-10(14)11(15)8-6-7(12)4-5-9(8)13/h4-6,10-11,14-15H,2-3H2,1H3. The van der Waals surface area contributed by atoms with Crippen LogP contribution in [-0.4, -0.2) is 16.3 Å². The molecule has 0 amide bonds. The summed E-state index contributed by atoms with van der Waals surface area (Å²) in [6.07, 6.45) is -0.442. The smallest absolute Gasteiger partial charge is 0.106 e. The van der Waals surface area contributed by atoms with Crippen LogP contribution in [0, 0.1) is 0 Å². The Morgan fingerprint density at radius 2 is 1.93 bits per heavy atom. The van der Waals surface area contributed by atoms with Crippen molar-refractivity contribution < 1.29 is 10.2 Å². The van der Waals surface area contributed by atoms with E-state index in [0.717, 1.165) is 6.42 Å². The molecule has 0 radical (unpaired) electrons. The summed E-state index contributed by atoms with van der Waals surface area (Å²) in [5, 5.41) is 20.4. The summed E-state index contributed by atoms with van der Waals surface area (Å²) in [7, 11) is 0. The van der Waals surface area contributed by atoms with Crippen molar-refractivity contribution in [2.24, 2.45) is 0 Å². The molecule has 0 aliphatic carbocycles. The maximum atomic E-state index is 9.83. The van der Waals surface area contributed by atoms with Gasteiger partial charge in [0.25, 0.3) is 0 Å². The van der Waals surface area contributed by atoms with Crippen LogP contribution in [0.3, 0.4) is 0 Å². The summed E-state index contributed by atoms with van der Waals surface area (Å²) in [6.45, 7) is 1.94. The summed E-state index contributed by atoms with van der Waals surface area (Å²) in [5.74, 6) is 0. The van der Waals surface area contributed by atoms with E-state index in [1.807, 2.05) is 6.92 Å². The highest BCUT2D eigenvalue weighted by molar-refractivity contribution is 6.33. The average molecular weight is 249 g/mol. The van der Waals surface area contributed by atoms with Crippen molar-refractivity contribution in [3.05, 3.63) is 33.8 Å². The van der Waals surface area contributed by atoms with E-state index in [1.165, 1.54) is 0 Å². The minimum atomic E-state index is -0.976. The van der Waals surface area contributed by atoms with Gasteiger partial charge in [0, 0.05) is 15.6 Å². The predicted octanol–water partition coefficient (Wildman–Crippen LogP) is 3.19. The van der Waals surface area contributed by atoms with Crippen LogP contribution < -0.4 is 0 Å². The van der Waals surface area contributed by atoms with Gasteiger partial charge >= 0.3 is 0 Å². The van der Waals surface area contributed by atoms with Crippen LogP contribution in [-0.2, 0) is 0 Å². The van der Waals surface area contributed by atoms with Crippen LogP contribution in [0.2, 0.25) is 10.0 Å². The quantitative estimate of drug-likeness (QED) is 0.860. The van der Waals surface area contributed by atoms with Gasteiger partial charge in [-0.2, -0.15) is 0 Å². The first kappa shape index (κ1) is 12.8. The number of halogens is 2. The second kappa shape index (κ2) is 5.71. The monoisotopic (exact) mass is 248 g/mol. The summed E-state index contributed by atoms with van der Waals surface area (Å²) < 4.78 is 0. The molecule has 0 bridgehead atoms. The molecule has 0 saturated carbocycles. The summed E-state index contributed by atoms with van der Waals surface area (Å²) in [6, 6.07) is 4.83. The van der Waals surface area contributed by atoms with Gasteiger partial charge in [-0.3, -0.25) is 0 Å². The van der Waals surface area contributed by atoms with E-state index in [9.17, 15) is 10.2 Å². The Hall–Kier alpha value is -0.280. The highest BCUT2D eigenvalue weighted by atomic mass is 35.5. The maximum absolute atomic E-state index is 9.83. The van der Waals surface area contributed by atoms with Crippen molar-refractivity contribution in [2.75, 3.05) is 0 Å². The summed E-state index contributed by atoms with van der Waals surface area (Å²) >= 11 is 11.7. The van der Waals surface area contributed by atoms with E-state index in [-0.39, 0.29) is 0 Å². The number of benzene rings is 1. The molecule has 2 unspecified atom stereocenters. The van der Waals surface area contributed by atoms with Crippen LogP contribution in [0.5, 0.6) is 0 Å². The third-order valence-corrected chi connectivity index (χ3v) is 2.80. The molecule has 2 atom stereocenters. The normalized spacial score (nSPS) is 15.0. The molecule has 84 valence electrons. The molecule has 1 rings (SSSR count). The second-order valence-electron chi connectivity index (χ2n) is 3.47. The van der Waals surface area contributed by atoms with Crippen molar-refractivity contribution in [1.82, 2.24) is 0 Å². The SMILES string of the molecule is CCCC(O)C(O)c1cc(Cl)ccc1Cl. The van der Waals surface area contributed by atoms with E-state index >= 15 is 0 Å².